The van der Waals surface area contributed by atoms with Gasteiger partial charge in [-0.2, -0.15) is 5.10 Å². The van der Waals surface area contributed by atoms with Gasteiger partial charge in [-0.05, 0) is 55.7 Å². The Balaban J connectivity index is 1.88. The molecule has 1 unspecified atom stereocenters. The fourth-order valence-corrected chi connectivity index (χ4v) is 4.27. The minimum Gasteiger partial charge on any atom is -0.507 e. The number of aromatic hydroxyl groups is 1. The van der Waals surface area contributed by atoms with Crippen LogP contribution in [0.2, 0.25) is 5.02 Å². The normalized spacial score (nSPS) is 15.4. The molecule has 1 atom stereocenters. The van der Waals surface area contributed by atoms with Crippen molar-refractivity contribution in [1.29, 1.82) is 0 Å². The van der Waals surface area contributed by atoms with E-state index in [1.807, 2.05) is 43.0 Å². The van der Waals surface area contributed by atoms with E-state index >= 15 is 0 Å². The van der Waals surface area contributed by atoms with Crippen molar-refractivity contribution in [2.24, 2.45) is 0 Å². The van der Waals surface area contributed by atoms with Gasteiger partial charge >= 0.3 is 0 Å². The van der Waals surface area contributed by atoms with Gasteiger partial charge in [-0.1, -0.05) is 37.1 Å². The number of fused-ring (bicyclic) bond motifs is 1. The number of nitrogens with one attached hydrogen (secondary N) is 1. The molecule has 1 aromatic heterocycles. The smallest absolute Gasteiger partial charge is 0.273 e. The third-order valence-corrected chi connectivity index (χ3v) is 6.04. The molecular weight excluding hydrogens is 414 g/mol. The number of nitrogens with zero attached hydrogens (tertiary/aromatic N) is 2. The van der Waals surface area contributed by atoms with E-state index < -0.39 is 0 Å². The molecule has 3 aromatic rings. The van der Waals surface area contributed by atoms with Crippen LogP contribution >= 0.6 is 11.6 Å². The Morgan fingerprint density at radius 1 is 1.26 bits per heavy atom. The fourth-order valence-electron chi connectivity index (χ4n) is 4.10. The molecule has 162 valence electrons. The first-order valence-electron chi connectivity index (χ1n) is 10.6. The van der Waals surface area contributed by atoms with Gasteiger partial charge in [-0.3, -0.25) is 9.89 Å². The van der Waals surface area contributed by atoms with Crippen LogP contribution in [0.1, 0.15) is 59.9 Å². The predicted molar refractivity (Wildman–Crippen MR) is 121 cm³/mol. The summed E-state index contributed by atoms with van der Waals surface area (Å²) < 4.78 is 5.70. The molecule has 0 fully saturated rings. The number of H-pyrrole nitrogens is 1. The number of hydrogen-bond donors (Lipinski definition) is 2. The minimum atomic E-state index is -0.331. The molecule has 1 aliphatic rings. The molecule has 6 nitrogen and oxygen atoms in total. The lowest BCUT2D eigenvalue weighted by Gasteiger charge is -2.26. The first-order valence-corrected chi connectivity index (χ1v) is 11.0. The summed E-state index contributed by atoms with van der Waals surface area (Å²) in [6, 6.07) is 10.8. The lowest BCUT2D eigenvalue weighted by atomic mass is 9.95. The number of halogens is 1. The molecule has 0 radical (unpaired) electrons. The van der Waals surface area contributed by atoms with Crippen molar-refractivity contribution in [2.75, 3.05) is 13.2 Å². The number of aromatic amines is 1. The van der Waals surface area contributed by atoms with Crippen LogP contribution in [0.4, 0.5) is 0 Å². The maximum absolute atomic E-state index is 13.3. The summed E-state index contributed by atoms with van der Waals surface area (Å²) in [6.07, 6.45) is 1.87. The molecule has 1 aliphatic heterocycles. The number of phenolic OH excluding ortho intramolecular Hbond substituents is 1. The molecule has 2 N–H and O–H groups in total. The van der Waals surface area contributed by atoms with Crippen LogP contribution in [0.15, 0.2) is 36.4 Å². The highest BCUT2D eigenvalue weighted by Gasteiger charge is 2.42. The Morgan fingerprint density at radius 2 is 2.06 bits per heavy atom. The van der Waals surface area contributed by atoms with E-state index in [4.69, 9.17) is 16.3 Å². The first-order chi connectivity index (χ1) is 15.0. The SMILES string of the molecule is CCCCN1C(=O)c2[nH]nc(-c3cc(Cl)c(C)cc3O)c2C1c1cccc(OCC)c1. The van der Waals surface area contributed by atoms with Crippen LogP contribution in [-0.4, -0.2) is 39.3 Å². The number of amides is 1. The first kappa shape index (κ1) is 21.2. The molecule has 4 rings (SSSR count). The van der Waals surface area contributed by atoms with Gasteiger partial charge in [0.25, 0.3) is 5.91 Å². The predicted octanol–water partition coefficient (Wildman–Crippen LogP) is 5.49. The Bertz CT molecular complexity index is 1130. The second kappa shape index (κ2) is 8.63. The zero-order valence-electron chi connectivity index (χ0n) is 17.9. The van der Waals surface area contributed by atoms with Crippen LogP contribution in [0.25, 0.3) is 11.3 Å². The maximum atomic E-state index is 13.3. The summed E-state index contributed by atoms with van der Waals surface area (Å²) in [5.74, 6) is 0.742. The third-order valence-electron chi connectivity index (χ3n) is 5.63. The van der Waals surface area contributed by atoms with Crippen LogP contribution in [0.5, 0.6) is 11.5 Å². The number of benzene rings is 2. The Hall–Kier alpha value is -2.99. The van der Waals surface area contributed by atoms with E-state index in [1.165, 1.54) is 0 Å². The van der Waals surface area contributed by atoms with E-state index in [1.54, 1.807) is 12.1 Å². The summed E-state index contributed by atoms with van der Waals surface area (Å²) in [4.78, 5) is 15.2. The van der Waals surface area contributed by atoms with Gasteiger partial charge < -0.3 is 14.7 Å². The number of ether oxygens (including phenoxy) is 1. The molecule has 0 bridgehead atoms. The van der Waals surface area contributed by atoms with Gasteiger partial charge in [-0.25, -0.2) is 0 Å². The molecule has 0 saturated heterocycles. The Labute approximate surface area is 186 Å². The lowest BCUT2D eigenvalue weighted by Crippen LogP contribution is -2.30. The molecule has 2 aromatic carbocycles. The van der Waals surface area contributed by atoms with Crippen LogP contribution < -0.4 is 4.74 Å². The highest BCUT2D eigenvalue weighted by atomic mass is 35.5. The number of aromatic nitrogens is 2. The summed E-state index contributed by atoms with van der Waals surface area (Å²) in [5.41, 5.74) is 3.96. The van der Waals surface area contributed by atoms with E-state index in [0.29, 0.717) is 35.1 Å². The van der Waals surface area contributed by atoms with Crippen molar-refractivity contribution >= 4 is 17.5 Å². The fraction of sp³-hybridized carbons (Fsp3) is 0.333. The lowest BCUT2D eigenvalue weighted by molar-refractivity contribution is 0.0741. The third kappa shape index (κ3) is 3.76. The molecular formula is C24H26ClN3O3. The van der Waals surface area contributed by atoms with Crippen LogP contribution in [0.3, 0.4) is 0 Å². The number of rotatable bonds is 7. The molecule has 1 amide bonds. The van der Waals surface area contributed by atoms with Crippen molar-refractivity contribution in [3.8, 4) is 22.8 Å². The molecule has 0 aliphatic carbocycles. The molecule has 0 spiro atoms. The molecule has 2 heterocycles. The van der Waals surface area contributed by atoms with Crippen molar-refractivity contribution in [3.05, 3.63) is 63.8 Å². The van der Waals surface area contributed by atoms with Gasteiger partial charge in [-0.15, -0.1) is 0 Å². The Kier molecular flexibility index (Phi) is 5.92. The largest absolute Gasteiger partial charge is 0.507 e. The maximum Gasteiger partial charge on any atom is 0.273 e. The van der Waals surface area contributed by atoms with Gasteiger partial charge in [0, 0.05) is 22.7 Å². The zero-order valence-corrected chi connectivity index (χ0v) is 18.7. The number of hydrogen-bond acceptors (Lipinski definition) is 4. The van der Waals surface area contributed by atoms with Gasteiger partial charge in [0.1, 0.15) is 22.9 Å². The zero-order chi connectivity index (χ0) is 22.1. The van der Waals surface area contributed by atoms with Gasteiger partial charge in [0.05, 0.1) is 12.6 Å². The number of carbonyl (C=O) groups is 1. The standard InChI is InChI=1S/C24H26ClN3O3/c1-4-6-10-28-23(15-8-7-9-16(12-15)31-5-2)20-21(26-27-22(20)24(28)30)17-13-18(25)14(3)11-19(17)29/h7-9,11-13,23,29H,4-6,10H2,1-3H3,(H,26,27). The number of aryl methyl sites for hydroxylation is 1. The summed E-state index contributed by atoms with van der Waals surface area (Å²) in [5, 5.41) is 18.5. The number of carbonyl (C=O) groups excluding carboxylic acids is 1. The van der Waals surface area contributed by atoms with Crippen molar-refractivity contribution in [2.45, 2.75) is 39.7 Å². The summed E-state index contributed by atoms with van der Waals surface area (Å²) >= 11 is 6.35. The minimum absolute atomic E-state index is 0.0810. The highest BCUT2D eigenvalue weighted by Crippen LogP contribution is 2.45. The molecule has 0 saturated carbocycles. The van der Waals surface area contributed by atoms with Crippen LogP contribution in [0, 0.1) is 6.92 Å². The Morgan fingerprint density at radius 3 is 2.81 bits per heavy atom. The quantitative estimate of drug-likeness (QED) is 0.510. The average Bonchev–Trinajstić information content (AvgIpc) is 3.28. The van der Waals surface area contributed by atoms with E-state index in [9.17, 15) is 9.90 Å². The molecule has 31 heavy (non-hydrogen) atoms. The van der Waals surface area contributed by atoms with Crippen LogP contribution in [-0.2, 0) is 0 Å². The average molecular weight is 440 g/mol. The van der Waals surface area contributed by atoms with Gasteiger partial charge in [0.15, 0.2) is 0 Å². The number of unbranched alkanes of at least 4 members (excludes halogenated alkanes) is 1. The van der Waals surface area contributed by atoms with E-state index in [2.05, 4.69) is 17.1 Å². The van der Waals surface area contributed by atoms with Crippen molar-refractivity contribution in [3.63, 3.8) is 0 Å². The second-order valence-corrected chi connectivity index (χ2v) is 8.15. The van der Waals surface area contributed by atoms with E-state index in [0.717, 1.165) is 35.3 Å². The summed E-state index contributed by atoms with van der Waals surface area (Å²) in [7, 11) is 0. The molecule has 7 heteroatoms. The second-order valence-electron chi connectivity index (χ2n) is 7.74. The topological polar surface area (TPSA) is 78.5 Å². The monoisotopic (exact) mass is 439 g/mol. The van der Waals surface area contributed by atoms with Gasteiger partial charge in [0.2, 0.25) is 0 Å². The number of phenols is 1. The van der Waals surface area contributed by atoms with Crippen molar-refractivity contribution in [1.82, 2.24) is 15.1 Å². The highest BCUT2D eigenvalue weighted by molar-refractivity contribution is 6.31. The van der Waals surface area contributed by atoms with Crippen molar-refractivity contribution < 1.29 is 14.6 Å². The summed E-state index contributed by atoms with van der Waals surface area (Å²) in [6.45, 7) is 7.06. The van der Waals surface area contributed by atoms with E-state index in [-0.39, 0.29) is 17.7 Å².